The number of benzene rings is 2. The molecule has 1 aromatic rings. The SMILES string of the molecule is O=c1cc2oc(-c3ccc(O)cc3)c(O[C@@H]3O[C@H](CO)[C@@H](O)[C@H](O)[C@H]3O[C@@H]3O[C@H](CO)[C@@H](O)[C@H](O)[C@H]3O)cc-2c(O)c1. The van der Waals surface area contributed by atoms with Crippen molar-refractivity contribution in [2.45, 2.75) is 61.4 Å². The second kappa shape index (κ2) is 12.1. The first-order valence-electron chi connectivity index (χ1n) is 12.9. The minimum atomic E-state index is -1.87. The van der Waals surface area contributed by atoms with Gasteiger partial charge < -0.3 is 69.3 Å². The van der Waals surface area contributed by atoms with Crippen LogP contribution in [0.3, 0.4) is 0 Å². The third kappa shape index (κ3) is 5.67. The van der Waals surface area contributed by atoms with Crippen LogP contribution in [0.5, 0.6) is 17.2 Å². The third-order valence-electron chi connectivity index (χ3n) is 7.14. The molecule has 0 aromatic heterocycles. The second-order valence-corrected chi connectivity index (χ2v) is 9.96. The monoisotopic (exact) mass is 594 g/mol. The molecule has 9 N–H and O–H groups in total. The molecular weight excluding hydrogens is 564 g/mol. The van der Waals surface area contributed by atoms with Crippen molar-refractivity contribution in [3.63, 3.8) is 0 Å². The number of aliphatic hydroxyl groups excluding tert-OH is 7. The summed E-state index contributed by atoms with van der Waals surface area (Å²) in [5.74, 6) is -0.685. The van der Waals surface area contributed by atoms with Gasteiger partial charge in [-0.05, 0) is 30.3 Å². The highest BCUT2D eigenvalue weighted by Gasteiger charge is 2.51. The van der Waals surface area contributed by atoms with Crippen LogP contribution in [0.25, 0.3) is 22.6 Å². The minimum Gasteiger partial charge on any atom is -0.508 e. The van der Waals surface area contributed by atoms with Crippen molar-refractivity contribution in [2.24, 2.45) is 0 Å². The Morgan fingerprint density at radius 1 is 0.738 bits per heavy atom. The van der Waals surface area contributed by atoms with Gasteiger partial charge in [0.25, 0.3) is 0 Å². The van der Waals surface area contributed by atoms with E-state index in [2.05, 4.69) is 0 Å². The molecule has 0 unspecified atom stereocenters. The molecule has 42 heavy (non-hydrogen) atoms. The van der Waals surface area contributed by atoms with Crippen molar-refractivity contribution in [1.82, 2.24) is 0 Å². The van der Waals surface area contributed by atoms with Crippen LogP contribution in [0.15, 0.2) is 51.7 Å². The van der Waals surface area contributed by atoms with Gasteiger partial charge in [0.1, 0.15) is 60.0 Å². The van der Waals surface area contributed by atoms with E-state index in [1.807, 2.05) is 0 Å². The van der Waals surface area contributed by atoms with E-state index in [1.54, 1.807) is 0 Å². The summed E-state index contributed by atoms with van der Waals surface area (Å²) in [7, 11) is 0. The van der Waals surface area contributed by atoms with E-state index in [9.17, 15) is 50.8 Å². The van der Waals surface area contributed by atoms with Crippen LogP contribution in [-0.2, 0) is 14.2 Å². The summed E-state index contributed by atoms with van der Waals surface area (Å²) in [4.78, 5) is 12.0. The molecule has 10 atom stereocenters. The summed E-state index contributed by atoms with van der Waals surface area (Å²) < 4.78 is 28.7. The average Bonchev–Trinajstić information content (AvgIpc) is 2.97. The van der Waals surface area contributed by atoms with Gasteiger partial charge in [-0.25, -0.2) is 0 Å². The first-order valence-corrected chi connectivity index (χ1v) is 12.9. The highest BCUT2D eigenvalue weighted by molar-refractivity contribution is 5.75. The molecule has 1 aromatic carbocycles. The Kier molecular flexibility index (Phi) is 8.68. The Morgan fingerprint density at radius 2 is 1.36 bits per heavy atom. The van der Waals surface area contributed by atoms with Gasteiger partial charge in [0, 0.05) is 17.7 Å². The van der Waals surface area contributed by atoms with Crippen molar-refractivity contribution in [1.29, 1.82) is 0 Å². The van der Waals surface area contributed by atoms with E-state index in [0.717, 1.165) is 12.1 Å². The summed E-state index contributed by atoms with van der Waals surface area (Å²) in [5.41, 5.74) is -0.156. The van der Waals surface area contributed by atoms with E-state index in [-0.39, 0.29) is 28.6 Å². The van der Waals surface area contributed by atoms with Crippen molar-refractivity contribution in [3.8, 4) is 39.9 Å². The average molecular weight is 595 g/mol. The highest BCUT2D eigenvalue weighted by Crippen LogP contribution is 2.42. The third-order valence-corrected chi connectivity index (χ3v) is 7.14. The number of aliphatic hydroxyl groups is 7. The summed E-state index contributed by atoms with van der Waals surface area (Å²) in [6.07, 6.45) is -16.8. The van der Waals surface area contributed by atoms with Gasteiger partial charge in [0.15, 0.2) is 29.3 Å². The van der Waals surface area contributed by atoms with Gasteiger partial charge in [-0.2, -0.15) is 0 Å². The lowest BCUT2D eigenvalue weighted by atomic mass is 9.97. The van der Waals surface area contributed by atoms with Crippen LogP contribution in [0, 0.1) is 0 Å². The van der Waals surface area contributed by atoms with Crippen molar-refractivity contribution >= 4 is 0 Å². The quantitative estimate of drug-likeness (QED) is 0.141. The zero-order valence-electron chi connectivity index (χ0n) is 21.7. The molecule has 0 spiro atoms. The number of aromatic hydroxyl groups is 2. The molecule has 228 valence electrons. The molecule has 2 fully saturated rings. The maximum absolute atomic E-state index is 12.0. The van der Waals surface area contributed by atoms with Crippen LogP contribution < -0.4 is 10.2 Å². The van der Waals surface area contributed by atoms with Gasteiger partial charge in [-0.1, -0.05) is 0 Å². The van der Waals surface area contributed by atoms with Gasteiger partial charge in [0.05, 0.1) is 18.8 Å². The Bertz CT molecular complexity index is 1390. The number of hydrogen-bond donors (Lipinski definition) is 9. The maximum Gasteiger partial charge on any atom is 0.229 e. The van der Waals surface area contributed by atoms with Crippen LogP contribution >= 0.6 is 0 Å². The number of ether oxygens (including phenoxy) is 4. The fourth-order valence-corrected chi connectivity index (χ4v) is 4.83. The van der Waals surface area contributed by atoms with E-state index in [4.69, 9.17) is 23.4 Å². The molecule has 15 nitrogen and oxygen atoms in total. The maximum atomic E-state index is 12.0. The van der Waals surface area contributed by atoms with Crippen LogP contribution in [0.2, 0.25) is 0 Å². The Balaban J connectivity index is 1.55. The fraction of sp³-hybridized carbons (Fsp3) is 0.444. The Morgan fingerprint density at radius 3 is 2.00 bits per heavy atom. The molecule has 0 radical (unpaired) electrons. The van der Waals surface area contributed by atoms with Crippen molar-refractivity contribution in [3.05, 3.63) is 52.7 Å². The number of fused-ring (bicyclic) bond motifs is 1. The van der Waals surface area contributed by atoms with Gasteiger partial charge in [0.2, 0.25) is 6.29 Å². The lowest BCUT2D eigenvalue weighted by Crippen LogP contribution is -2.65. The normalized spacial score (nSPS) is 33.5. The largest absolute Gasteiger partial charge is 0.508 e. The van der Waals surface area contributed by atoms with Crippen LogP contribution in [0.1, 0.15) is 0 Å². The zero-order chi connectivity index (χ0) is 30.3. The molecule has 3 heterocycles. The number of rotatable bonds is 7. The number of phenols is 2. The number of hydrogen-bond acceptors (Lipinski definition) is 15. The van der Waals surface area contributed by atoms with Crippen LogP contribution in [0.4, 0.5) is 0 Å². The topological polar surface area (TPSA) is 249 Å². The van der Waals surface area contributed by atoms with Crippen molar-refractivity contribution in [2.75, 3.05) is 13.2 Å². The molecular formula is C27H30O15. The zero-order valence-corrected chi connectivity index (χ0v) is 21.7. The van der Waals surface area contributed by atoms with Gasteiger partial charge in [-0.15, -0.1) is 0 Å². The van der Waals surface area contributed by atoms with E-state index >= 15 is 0 Å². The predicted octanol–water partition coefficient (Wildman–Crippen LogP) is -2.17. The summed E-state index contributed by atoms with van der Waals surface area (Å²) in [5, 5.41) is 91.6. The Hall–Kier alpha value is -3.35. The lowest BCUT2D eigenvalue weighted by molar-refractivity contribution is -0.357. The minimum absolute atomic E-state index is 0.0159. The molecule has 0 bridgehead atoms. The Labute approximate surface area is 236 Å². The van der Waals surface area contributed by atoms with Gasteiger partial charge in [-0.3, -0.25) is 4.79 Å². The molecule has 0 amide bonds. The molecule has 4 aliphatic rings. The molecule has 15 heteroatoms. The molecule has 1 aliphatic carbocycles. The van der Waals surface area contributed by atoms with E-state index in [1.165, 1.54) is 30.3 Å². The predicted molar refractivity (Wildman–Crippen MR) is 137 cm³/mol. The second-order valence-electron chi connectivity index (χ2n) is 9.96. The van der Waals surface area contributed by atoms with E-state index in [0.29, 0.717) is 5.56 Å². The molecule has 2 saturated heterocycles. The van der Waals surface area contributed by atoms with Gasteiger partial charge >= 0.3 is 0 Å². The first-order chi connectivity index (χ1) is 20.0. The molecule has 0 saturated carbocycles. The summed E-state index contributed by atoms with van der Waals surface area (Å²) in [6.45, 7) is -1.52. The first kappa shape index (κ1) is 30.1. The lowest BCUT2D eigenvalue weighted by Gasteiger charge is -2.45. The van der Waals surface area contributed by atoms with Crippen molar-refractivity contribution < 1.29 is 69.3 Å². The summed E-state index contributed by atoms with van der Waals surface area (Å²) in [6, 6.07) is 9.02. The number of phenolic OH excluding ortho intramolecular Hbond substituents is 2. The standard InChI is InChI=1S/C27H30O15/c28-8-17-19(33)21(35)23(37)26(40-17)42-25-22(36)20(34)18(9-29)41-27(25)39-16-7-13-14(32)5-12(31)6-15(13)38-24(16)10-1-3-11(30)4-2-10/h1-7,17-23,25-30,32-37H,8-9H2/t17-,18-,19-,20-,21+,22+,23-,25-,26+,27-/m1/s1. The molecule has 3 aliphatic heterocycles. The summed E-state index contributed by atoms with van der Waals surface area (Å²) >= 11 is 0. The van der Waals surface area contributed by atoms with Crippen LogP contribution in [-0.4, -0.2) is 121 Å². The smallest absolute Gasteiger partial charge is 0.229 e. The highest BCUT2D eigenvalue weighted by atomic mass is 16.8. The molecule has 5 rings (SSSR count). The fourth-order valence-electron chi connectivity index (χ4n) is 4.83. The van der Waals surface area contributed by atoms with E-state index < -0.39 is 85.8 Å².